The molecule has 1 atom stereocenters. The predicted octanol–water partition coefficient (Wildman–Crippen LogP) is 2.02. The molecular formula is C10H24O4SSi. The van der Waals surface area contributed by atoms with E-state index in [1.807, 2.05) is 11.8 Å². The predicted molar refractivity (Wildman–Crippen MR) is 70.0 cm³/mol. The molecule has 0 radical (unpaired) electrons. The zero-order chi connectivity index (χ0) is 12.4. The summed E-state index contributed by atoms with van der Waals surface area (Å²) in [6, 6.07) is 0.866. The van der Waals surface area contributed by atoms with Crippen molar-refractivity contribution in [3.63, 3.8) is 0 Å². The Kier molecular flexibility index (Phi) is 9.68. The van der Waals surface area contributed by atoms with Crippen molar-refractivity contribution in [1.29, 1.82) is 0 Å². The van der Waals surface area contributed by atoms with Crippen molar-refractivity contribution in [2.24, 2.45) is 0 Å². The number of methoxy groups -OCH3 is 1. The van der Waals surface area contributed by atoms with Crippen LogP contribution in [0.2, 0.25) is 6.04 Å². The van der Waals surface area contributed by atoms with Gasteiger partial charge in [-0.15, -0.1) is 0 Å². The number of rotatable bonds is 10. The number of hydrogen-bond donors (Lipinski definition) is 0. The molecule has 0 aromatic carbocycles. The first-order chi connectivity index (χ1) is 7.64. The molecule has 0 heterocycles. The van der Waals surface area contributed by atoms with E-state index < -0.39 is 8.80 Å². The van der Waals surface area contributed by atoms with E-state index in [0.717, 1.165) is 24.0 Å². The van der Waals surface area contributed by atoms with Gasteiger partial charge in [-0.05, 0) is 19.1 Å². The van der Waals surface area contributed by atoms with Crippen molar-refractivity contribution in [3.8, 4) is 0 Å². The van der Waals surface area contributed by atoms with E-state index in [-0.39, 0.29) is 0 Å². The minimum absolute atomic E-state index is 0.319. The summed E-state index contributed by atoms with van der Waals surface area (Å²) in [4.78, 5) is 0. The van der Waals surface area contributed by atoms with E-state index in [0.29, 0.717) is 6.10 Å². The van der Waals surface area contributed by atoms with Crippen molar-refractivity contribution >= 4 is 20.6 Å². The molecule has 0 aromatic rings. The van der Waals surface area contributed by atoms with Crippen molar-refractivity contribution < 1.29 is 18.0 Å². The van der Waals surface area contributed by atoms with Crippen LogP contribution < -0.4 is 0 Å². The molecule has 0 amide bonds. The SMILES string of the molecule is COC(C)CSCCC[Si](OC)(OC)OC. The first-order valence-corrected chi connectivity index (χ1v) is 8.48. The van der Waals surface area contributed by atoms with Gasteiger partial charge < -0.3 is 18.0 Å². The summed E-state index contributed by atoms with van der Waals surface area (Å²) >= 11 is 1.89. The Labute approximate surface area is 104 Å². The molecule has 0 aromatic heterocycles. The number of hydrogen-bond acceptors (Lipinski definition) is 5. The second-order valence-electron chi connectivity index (χ2n) is 3.52. The van der Waals surface area contributed by atoms with E-state index in [4.69, 9.17) is 18.0 Å². The van der Waals surface area contributed by atoms with Crippen molar-refractivity contribution in [2.45, 2.75) is 25.5 Å². The maximum absolute atomic E-state index is 5.35. The van der Waals surface area contributed by atoms with Gasteiger partial charge in [0.1, 0.15) is 0 Å². The summed E-state index contributed by atoms with van der Waals surface area (Å²) in [5, 5.41) is 0. The number of thioether (sulfide) groups is 1. The third kappa shape index (κ3) is 6.22. The van der Waals surface area contributed by atoms with Crippen LogP contribution >= 0.6 is 11.8 Å². The van der Waals surface area contributed by atoms with Gasteiger partial charge in [-0.25, -0.2) is 0 Å². The largest absolute Gasteiger partial charge is 0.500 e. The topological polar surface area (TPSA) is 36.9 Å². The quantitative estimate of drug-likeness (QED) is 0.447. The molecule has 0 saturated heterocycles. The van der Waals surface area contributed by atoms with Crippen LogP contribution in [0.1, 0.15) is 13.3 Å². The molecule has 98 valence electrons. The summed E-state index contributed by atoms with van der Waals surface area (Å²) in [5.74, 6) is 2.11. The fourth-order valence-corrected chi connectivity index (χ4v) is 4.23. The van der Waals surface area contributed by atoms with Gasteiger partial charge in [0.25, 0.3) is 0 Å². The summed E-state index contributed by atoms with van der Waals surface area (Å²) < 4.78 is 21.2. The maximum Gasteiger partial charge on any atom is 0.500 e. The lowest BCUT2D eigenvalue weighted by molar-refractivity contribution is 0.123. The Morgan fingerprint density at radius 1 is 1.06 bits per heavy atom. The lowest BCUT2D eigenvalue weighted by Crippen LogP contribution is -2.42. The number of ether oxygens (including phenoxy) is 1. The van der Waals surface area contributed by atoms with Crippen LogP contribution in [0, 0.1) is 0 Å². The second kappa shape index (κ2) is 9.44. The molecule has 0 N–H and O–H groups in total. The van der Waals surface area contributed by atoms with Gasteiger partial charge in [0.05, 0.1) is 6.10 Å². The van der Waals surface area contributed by atoms with Gasteiger partial charge in [0.15, 0.2) is 0 Å². The van der Waals surface area contributed by atoms with Crippen LogP contribution in [0.3, 0.4) is 0 Å². The highest BCUT2D eigenvalue weighted by atomic mass is 32.2. The highest BCUT2D eigenvalue weighted by molar-refractivity contribution is 7.99. The third-order valence-corrected chi connectivity index (χ3v) is 6.57. The Hall–Kier alpha value is 0.407. The zero-order valence-electron chi connectivity index (χ0n) is 10.9. The van der Waals surface area contributed by atoms with Crippen LogP contribution in [-0.2, 0) is 18.0 Å². The molecule has 16 heavy (non-hydrogen) atoms. The average Bonchev–Trinajstić information content (AvgIpc) is 2.34. The fourth-order valence-electron chi connectivity index (χ4n) is 1.26. The molecule has 0 aliphatic heterocycles. The van der Waals surface area contributed by atoms with Gasteiger partial charge in [0.2, 0.25) is 0 Å². The van der Waals surface area contributed by atoms with Gasteiger partial charge in [-0.2, -0.15) is 11.8 Å². The van der Waals surface area contributed by atoms with E-state index >= 15 is 0 Å². The second-order valence-corrected chi connectivity index (χ2v) is 7.76. The van der Waals surface area contributed by atoms with Crippen molar-refractivity contribution in [1.82, 2.24) is 0 Å². The minimum Gasteiger partial charge on any atom is -0.381 e. The van der Waals surface area contributed by atoms with Crippen LogP contribution in [0.4, 0.5) is 0 Å². The van der Waals surface area contributed by atoms with Gasteiger partial charge in [-0.1, -0.05) is 0 Å². The van der Waals surface area contributed by atoms with E-state index in [9.17, 15) is 0 Å². The Bertz CT molecular complexity index is 159. The van der Waals surface area contributed by atoms with Crippen molar-refractivity contribution in [2.75, 3.05) is 39.9 Å². The zero-order valence-corrected chi connectivity index (χ0v) is 12.8. The summed E-state index contributed by atoms with van der Waals surface area (Å²) in [7, 11) is 4.35. The molecule has 0 spiro atoms. The van der Waals surface area contributed by atoms with Crippen LogP contribution in [0.15, 0.2) is 0 Å². The first kappa shape index (κ1) is 16.4. The Morgan fingerprint density at radius 2 is 1.62 bits per heavy atom. The average molecular weight is 268 g/mol. The Morgan fingerprint density at radius 3 is 2.06 bits per heavy atom. The summed E-state index contributed by atoms with van der Waals surface area (Å²) in [6.45, 7) is 2.07. The van der Waals surface area contributed by atoms with E-state index in [2.05, 4.69) is 6.92 Å². The summed E-state index contributed by atoms with van der Waals surface area (Å²) in [5.41, 5.74) is 0. The van der Waals surface area contributed by atoms with E-state index in [1.165, 1.54) is 0 Å². The monoisotopic (exact) mass is 268 g/mol. The first-order valence-electron chi connectivity index (χ1n) is 5.40. The van der Waals surface area contributed by atoms with Crippen LogP contribution in [0.25, 0.3) is 0 Å². The molecule has 0 aliphatic rings. The molecular weight excluding hydrogens is 244 g/mol. The molecule has 0 aliphatic carbocycles. The fraction of sp³-hybridized carbons (Fsp3) is 1.00. The molecule has 6 heteroatoms. The van der Waals surface area contributed by atoms with E-state index in [1.54, 1.807) is 28.4 Å². The third-order valence-electron chi connectivity index (χ3n) is 2.46. The van der Waals surface area contributed by atoms with Gasteiger partial charge in [0, 0.05) is 40.2 Å². The highest BCUT2D eigenvalue weighted by Crippen LogP contribution is 2.17. The lowest BCUT2D eigenvalue weighted by atomic mass is 10.5. The normalized spacial score (nSPS) is 14.1. The highest BCUT2D eigenvalue weighted by Gasteiger charge is 2.36. The van der Waals surface area contributed by atoms with Crippen LogP contribution in [0.5, 0.6) is 0 Å². The standard InChI is InChI=1S/C10H24O4SSi/c1-10(11-2)9-15-7-6-8-16(12-3,13-4)14-5/h10H,6-9H2,1-5H3. The van der Waals surface area contributed by atoms with Gasteiger partial charge in [-0.3, -0.25) is 0 Å². The van der Waals surface area contributed by atoms with Gasteiger partial charge >= 0.3 is 8.80 Å². The van der Waals surface area contributed by atoms with Crippen molar-refractivity contribution in [3.05, 3.63) is 0 Å². The summed E-state index contributed by atoms with van der Waals surface area (Å²) in [6.07, 6.45) is 1.36. The molecule has 0 bridgehead atoms. The Balaban J connectivity index is 3.63. The molecule has 0 saturated carbocycles. The molecule has 4 nitrogen and oxygen atoms in total. The lowest BCUT2D eigenvalue weighted by Gasteiger charge is -2.24. The maximum atomic E-state index is 5.35. The molecule has 1 unspecified atom stereocenters. The minimum atomic E-state index is -2.35. The van der Waals surface area contributed by atoms with Crippen LogP contribution in [-0.4, -0.2) is 54.9 Å². The smallest absolute Gasteiger partial charge is 0.381 e. The molecule has 0 rings (SSSR count). The molecule has 0 fully saturated rings.